The molecule has 3 N–H and O–H groups in total. The van der Waals surface area contributed by atoms with Crippen LogP contribution in [0.25, 0.3) is 0 Å². The van der Waals surface area contributed by atoms with Crippen molar-refractivity contribution in [1.82, 2.24) is 15.0 Å². The highest BCUT2D eigenvalue weighted by Gasteiger charge is 2.29. The zero-order chi connectivity index (χ0) is 56.4. The number of hydrogen-bond donors (Lipinski definition) is 3. The molecule has 81 heavy (non-hydrogen) atoms. The summed E-state index contributed by atoms with van der Waals surface area (Å²) in [5.41, 5.74) is 12.7. The molecule has 6 aliphatic rings. The fourth-order valence-corrected chi connectivity index (χ4v) is 11.0. The Morgan fingerprint density at radius 1 is 0.469 bits per heavy atom. The maximum absolute atomic E-state index is 12.8. The van der Waals surface area contributed by atoms with Gasteiger partial charge in [0.2, 0.25) is 0 Å². The first-order valence-corrected chi connectivity index (χ1v) is 28.1. The van der Waals surface area contributed by atoms with Crippen LogP contribution < -0.4 is 31.1 Å². The van der Waals surface area contributed by atoms with Gasteiger partial charge in [-0.2, -0.15) is 0 Å². The predicted octanol–water partition coefficient (Wildman–Crippen LogP) is 2.74. The fourth-order valence-electron chi connectivity index (χ4n) is 11.0. The van der Waals surface area contributed by atoms with E-state index in [4.69, 9.17) is 28.2 Å². The summed E-state index contributed by atoms with van der Waals surface area (Å²) in [6.45, 7) is 16.5. The Hall–Kier alpha value is -6.65. The van der Waals surface area contributed by atoms with E-state index >= 15 is 0 Å². The van der Waals surface area contributed by atoms with Crippen molar-refractivity contribution in [1.29, 1.82) is 0 Å². The van der Waals surface area contributed by atoms with Crippen molar-refractivity contribution in [3.05, 3.63) is 158 Å². The Balaban J connectivity index is 0.000000136. The van der Waals surface area contributed by atoms with E-state index in [-0.39, 0.29) is 36.6 Å². The number of hydrogen-bond acceptors (Lipinski definition) is 18. The molecule has 0 radical (unpaired) electrons. The largest absolute Gasteiger partial charge is 0.491 e. The minimum absolute atomic E-state index is 0.0188. The van der Waals surface area contributed by atoms with Crippen LogP contribution in [0.2, 0.25) is 0 Å². The molecule has 18 nitrogen and oxygen atoms in total. The Morgan fingerprint density at radius 3 is 1.37 bits per heavy atom. The van der Waals surface area contributed by atoms with Crippen molar-refractivity contribution in [2.24, 2.45) is 0 Å². The second kappa shape index (κ2) is 27.0. The molecule has 3 fully saturated rings. The molecule has 420 valence electrons. The summed E-state index contributed by atoms with van der Waals surface area (Å²) >= 11 is 0. The minimum atomic E-state index is -0.903. The summed E-state index contributed by atoms with van der Waals surface area (Å²) in [4.78, 5) is 58.6. The van der Waals surface area contributed by atoms with Crippen molar-refractivity contribution >= 4 is 72.5 Å². The average molecular weight is 1100 g/mol. The molecule has 0 atom stereocenters. The molecular weight excluding hydrogens is 1030 g/mol. The number of anilines is 3. The first-order valence-electron chi connectivity index (χ1n) is 28.1. The van der Waals surface area contributed by atoms with Crippen LogP contribution in [0.3, 0.4) is 0 Å². The molecule has 0 spiro atoms. The lowest BCUT2D eigenvalue weighted by Gasteiger charge is -2.29. The molecule has 0 saturated carbocycles. The van der Waals surface area contributed by atoms with Crippen molar-refractivity contribution < 1.29 is 57.6 Å². The lowest BCUT2D eigenvalue weighted by molar-refractivity contribution is 0.0983. The van der Waals surface area contributed by atoms with Crippen LogP contribution >= 0.6 is 0 Å². The molecule has 0 unspecified atom stereocenters. The van der Waals surface area contributed by atoms with Crippen molar-refractivity contribution in [2.75, 3.05) is 113 Å². The summed E-state index contributed by atoms with van der Waals surface area (Å²) in [6.07, 6.45) is 6.53. The van der Waals surface area contributed by atoms with Crippen molar-refractivity contribution in [3.63, 3.8) is 0 Å². The van der Waals surface area contributed by atoms with Gasteiger partial charge >= 0.3 is 21.4 Å². The van der Waals surface area contributed by atoms with Crippen LogP contribution in [0.15, 0.2) is 91.3 Å². The SMILES string of the molecule is Cc1cc(C(=O)Cc2ccc3c(c2)B(O)OCC3)cnc1N1CCOCC1.Cc1cc(N2CCOCC2)ncc1C(=O)Cc1ccc2c(c1)B(O)OCC2.Cc1nc(N2CCOCC2)ccc1C(=O)Cc1ccc2c(c1)B(O)OCC2. The van der Waals surface area contributed by atoms with Crippen LogP contribution in [0.1, 0.15) is 81.3 Å². The quantitative estimate of drug-likeness (QED) is 0.119. The molecule has 6 aromatic rings. The molecule has 0 bridgehead atoms. The molecule has 9 heterocycles. The van der Waals surface area contributed by atoms with Gasteiger partial charge in [0.1, 0.15) is 17.5 Å². The molecular formula is C60H69B3N6O12. The van der Waals surface area contributed by atoms with Gasteiger partial charge in [0, 0.05) is 107 Å². The van der Waals surface area contributed by atoms with Crippen molar-refractivity contribution in [3.8, 4) is 0 Å². The van der Waals surface area contributed by atoms with E-state index in [9.17, 15) is 29.5 Å². The van der Waals surface area contributed by atoms with Crippen LogP contribution in [0.5, 0.6) is 0 Å². The Kier molecular flexibility index (Phi) is 19.2. The molecule has 21 heteroatoms. The van der Waals surface area contributed by atoms with Gasteiger partial charge < -0.3 is 57.9 Å². The molecule has 3 aromatic carbocycles. The van der Waals surface area contributed by atoms with Crippen LogP contribution in [-0.2, 0) is 66.7 Å². The summed E-state index contributed by atoms with van der Waals surface area (Å²) in [5, 5.41) is 30.0. The zero-order valence-electron chi connectivity index (χ0n) is 46.4. The topological polar surface area (TPSA) is 216 Å². The monoisotopic (exact) mass is 1100 g/mol. The number of ketones is 3. The van der Waals surface area contributed by atoms with Gasteiger partial charge in [0.15, 0.2) is 17.3 Å². The lowest BCUT2D eigenvalue weighted by atomic mass is 9.72. The summed E-state index contributed by atoms with van der Waals surface area (Å²) in [7, 11) is -2.71. The highest BCUT2D eigenvalue weighted by atomic mass is 16.5. The molecule has 3 saturated heterocycles. The van der Waals surface area contributed by atoms with Gasteiger partial charge in [-0.15, -0.1) is 0 Å². The number of aromatic nitrogens is 3. The number of fused-ring (bicyclic) bond motifs is 3. The van der Waals surface area contributed by atoms with E-state index in [1.165, 1.54) is 0 Å². The third kappa shape index (κ3) is 14.3. The fraction of sp³-hybridized carbons (Fsp3) is 0.400. The number of aryl methyl sites for hydroxylation is 3. The van der Waals surface area contributed by atoms with E-state index < -0.39 is 21.4 Å². The highest BCUT2D eigenvalue weighted by Crippen LogP contribution is 2.23. The maximum Gasteiger partial charge on any atom is 0.491 e. The number of ether oxygens (including phenoxy) is 3. The first-order chi connectivity index (χ1) is 39.3. The summed E-state index contributed by atoms with van der Waals surface area (Å²) in [6, 6.07) is 25.1. The van der Waals surface area contributed by atoms with Gasteiger partial charge in [-0.3, -0.25) is 14.4 Å². The summed E-state index contributed by atoms with van der Waals surface area (Å²) < 4.78 is 32.0. The second-order valence-electron chi connectivity index (χ2n) is 21.1. The van der Waals surface area contributed by atoms with E-state index in [1.54, 1.807) is 12.4 Å². The Bertz CT molecular complexity index is 3090. The number of morpholine rings is 3. The maximum atomic E-state index is 12.8. The first kappa shape index (κ1) is 57.6. The third-order valence-corrected chi connectivity index (χ3v) is 15.6. The van der Waals surface area contributed by atoms with E-state index in [0.717, 1.165) is 143 Å². The standard InChI is InChI=1S/3C20H23BN2O4/c1-14-10-20(23-5-8-26-9-6-23)22-13-17(14)19(24)12-15-2-3-16-4-7-27-21(25)18(16)11-15;1-14-10-17(13-22-20(14)23-5-8-26-9-6-23)19(24)12-15-2-3-16-4-7-27-21(25)18(16)11-15;1-14-17(4-5-20(22-14)23-7-10-26-11-8-23)19(24)13-15-2-3-16-6-9-27-21(25)18(16)12-15/h2*2-3,10-11,13,25H,4-9,12H2,1H3;2-5,12,25H,6-11,13H2,1H3. The lowest BCUT2D eigenvalue weighted by Crippen LogP contribution is -2.41. The van der Waals surface area contributed by atoms with Crippen LogP contribution in [-0.4, -0.2) is 167 Å². The van der Waals surface area contributed by atoms with Gasteiger partial charge in [0.25, 0.3) is 0 Å². The normalized spacial score (nSPS) is 17.0. The van der Waals surface area contributed by atoms with E-state index in [0.29, 0.717) is 76.2 Å². The number of benzene rings is 3. The zero-order valence-corrected chi connectivity index (χ0v) is 46.4. The molecule has 0 amide bonds. The Morgan fingerprint density at radius 2 is 0.914 bits per heavy atom. The molecule has 12 rings (SSSR count). The van der Waals surface area contributed by atoms with Gasteiger partial charge in [0.05, 0.1) is 45.3 Å². The minimum Gasteiger partial charge on any atom is -0.423 e. The van der Waals surface area contributed by atoms with Gasteiger partial charge in [-0.05, 0) is 125 Å². The predicted molar refractivity (Wildman–Crippen MR) is 311 cm³/mol. The number of Topliss-reactive ketones (excluding diaryl/α,β-unsaturated/α-hetero) is 3. The Labute approximate surface area is 474 Å². The average Bonchev–Trinajstić information content (AvgIpc) is 3.54. The number of pyridine rings is 3. The van der Waals surface area contributed by atoms with Crippen LogP contribution in [0.4, 0.5) is 17.5 Å². The van der Waals surface area contributed by atoms with Crippen LogP contribution in [0, 0.1) is 20.8 Å². The van der Waals surface area contributed by atoms with Gasteiger partial charge in [-0.25, -0.2) is 15.0 Å². The third-order valence-electron chi connectivity index (χ3n) is 15.6. The number of carbonyl (C=O) groups excluding carboxylic acids is 3. The number of rotatable bonds is 12. The molecule has 6 aliphatic heterocycles. The smallest absolute Gasteiger partial charge is 0.423 e. The molecule has 3 aromatic heterocycles. The molecule has 0 aliphatic carbocycles. The summed E-state index contributed by atoms with van der Waals surface area (Å²) in [5.74, 6) is 2.77. The van der Waals surface area contributed by atoms with Crippen molar-refractivity contribution in [2.45, 2.75) is 59.3 Å². The second-order valence-corrected chi connectivity index (χ2v) is 21.1. The number of carbonyl (C=O) groups is 3. The highest BCUT2D eigenvalue weighted by molar-refractivity contribution is 6.61. The number of nitrogens with zero attached hydrogens (tertiary/aromatic N) is 6. The van der Waals surface area contributed by atoms with Gasteiger partial charge in [-0.1, -0.05) is 54.6 Å². The van der Waals surface area contributed by atoms with E-state index in [1.807, 2.05) is 99.6 Å². The van der Waals surface area contributed by atoms with E-state index in [2.05, 4.69) is 29.7 Å².